The molecule has 4 rings (SSSR count). The van der Waals surface area contributed by atoms with E-state index in [1.807, 2.05) is 18.2 Å². The van der Waals surface area contributed by atoms with E-state index in [9.17, 15) is 4.79 Å². The summed E-state index contributed by atoms with van der Waals surface area (Å²) in [6.07, 6.45) is 0. The Morgan fingerprint density at radius 2 is 1.78 bits per heavy atom. The molecule has 1 aliphatic heterocycles. The highest BCUT2D eigenvalue weighted by Gasteiger charge is 2.17. The lowest BCUT2D eigenvalue weighted by Crippen LogP contribution is -2.48. The van der Waals surface area contributed by atoms with Crippen LogP contribution >= 0.6 is 23.3 Å². The highest BCUT2D eigenvalue weighted by molar-refractivity contribution is 7.00. The van der Waals surface area contributed by atoms with E-state index in [0.29, 0.717) is 12.1 Å². The Balaban J connectivity index is 1.23. The van der Waals surface area contributed by atoms with Crippen LogP contribution in [-0.4, -0.2) is 58.8 Å². The molecular weight excluding hydrogens is 382 g/mol. The molecule has 1 N–H and O–H groups in total. The molecule has 0 spiro atoms. The van der Waals surface area contributed by atoms with Gasteiger partial charge in [-0.3, -0.25) is 9.69 Å². The molecule has 0 atom stereocenters. The van der Waals surface area contributed by atoms with Crippen molar-refractivity contribution in [3.8, 4) is 0 Å². The number of anilines is 1. The number of nitrogens with zero attached hydrogens (tertiary/aromatic N) is 4. The zero-order valence-corrected chi connectivity index (χ0v) is 16.3. The van der Waals surface area contributed by atoms with Crippen molar-refractivity contribution in [3.05, 3.63) is 53.1 Å². The zero-order valence-electron chi connectivity index (χ0n) is 14.8. The van der Waals surface area contributed by atoms with Crippen molar-refractivity contribution in [3.63, 3.8) is 0 Å². The molecule has 27 heavy (non-hydrogen) atoms. The number of halogens is 1. The first kappa shape index (κ1) is 18.2. The highest BCUT2D eigenvalue weighted by Crippen LogP contribution is 2.19. The lowest BCUT2D eigenvalue weighted by molar-refractivity contribution is 0.0948. The average Bonchev–Trinajstić information content (AvgIpc) is 3.17. The second kappa shape index (κ2) is 8.21. The smallest absolute Gasteiger partial charge is 0.251 e. The molecular formula is C19H20ClN5OS. The van der Waals surface area contributed by atoms with Crippen molar-refractivity contribution in [1.29, 1.82) is 0 Å². The Hall–Kier alpha value is -2.22. The van der Waals surface area contributed by atoms with Crippen LogP contribution in [0.1, 0.15) is 10.4 Å². The van der Waals surface area contributed by atoms with E-state index in [0.717, 1.165) is 60.5 Å². The highest BCUT2D eigenvalue weighted by atomic mass is 35.5. The average molecular weight is 402 g/mol. The molecule has 1 aliphatic rings. The molecule has 8 heteroatoms. The number of benzene rings is 2. The minimum Gasteiger partial charge on any atom is -0.369 e. The maximum atomic E-state index is 12.3. The molecule has 6 nitrogen and oxygen atoms in total. The van der Waals surface area contributed by atoms with Gasteiger partial charge in [-0.2, -0.15) is 8.75 Å². The monoisotopic (exact) mass is 401 g/mol. The lowest BCUT2D eigenvalue weighted by atomic mass is 10.2. The SMILES string of the molecule is O=C(NCCN1CCN(c2ccc(Cl)cc2)CC1)c1ccc2nsnc2c1. The first-order chi connectivity index (χ1) is 13.2. The molecule has 2 aromatic carbocycles. The minimum absolute atomic E-state index is 0.0651. The van der Waals surface area contributed by atoms with Crippen LogP contribution in [0.15, 0.2) is 42.5 Å². The van der Waals surface area contributed by atoms with Gasteiger partial charge >= 0.3 is 0 Å². The molecule has 2 heterocycles. The summed E-state index contributed by atoms with van der Waals surface area (Å²) in [5.41, 5.74) is 3.43. The van der Waals surface area contributed by atoms with Gasteiger partial charge in [0.15, 0.2) is 0 Å². The predicted octanol–water partition coefficient (Wildman–Crippen LogP) is 2.90. The number of carbonyl (C=O) groups excluding carboxylic acids is 1. The van der Waals surface area contributed by atoms with Gasteiger partial charge in [0.25, 0.3) is 5.91 Å². The van der Waals surface area contributed by atoms with Gasteiger partial charge in [-0.15, -0.1) is 0 Å². The van der Waals surface area contributed by atoms with Gasteiger partial charge in [-0.05, 0) is 42.5 Å². The number of hydrogen-bond acceptors (Lipinski definition) is 6. The first-order valence-electron chi connectivity index (χ1n) is 8.92. The minimum atomic E-state index is -0.0651. The number of hydrogen-bond donors (Lipinski definition) is 1. The van der Waals surface area contributed by atoms with E-state index >= 15 is 0 Å². The summed E-state index contributed by atoms with van der Waals surface area (Å²) in [5, 5.41) is 3.76. The summed E-state index contributed by atoms with van der Waals surface area (Å²) >= 11 is 7.12. The molecule has 0 aliphatic carbocycles. The summed E-state index contributed by atoms with van der Waals surface area (Å²) < 4.78 is 8.34. The zero-order chi connectivity index (χ0) is 18.6. The predicted molar refractivity (Wildman–Crippen MR) is 110 cm³/mol. The van der Waals surface area contributed by atoms with Crippen molar-refractivity contribution in [2.75, 3.05) is 44.2 Å². The van der Waals surface area contributed by atoms with Crippen LogP contribution in [-0.2, 0) is 0 Å². The fourth-order valence-electron chi connectivity index (χ4n) is 3.23. The normalized spacial score (nSPS) is 15.2. The molecule has 1 fully saturated rings. The molecule has 1 amide bonds. The van der Waals surface area contributed by atoms with Gasteiger partial charge in [0.05, 0.1) is 11.7 Å². The van der Waals surface area contributed by atoms with Gasteiger partial charge in [0.1, 0.15) is 11.0 Å². The fourth-order valence-corrected chi connectivity index (χ4v) is 3.88. The van der Waals surface area contributed by atoms with Crippen molar-refractivity contribution in [2.45, 2.75) is 0 Å². The summed E-state index contributed by atoms with van der Waals surface area (Å²) in [6.45, 7) is 5.39. The maximum Gasteiger partial charge on any atom is 0.251 e. The lowest BCUT2D eigenvalue weighted by Gasteiger charge is -2.36. The molecule has 0 bridgehead atoms. The van der Waals surface area contributed by atoms with Crippen LogP contribution in [0.3, 0.4) is 0 Å². The van der Waals surface area contributed by atoms with Gasteiger partial charge in [-0.1, -0.05) is 11.6 Å². The molecule has 1 aromatic heterocycles. The molecule has 3 aromatic rings. The van der Waals surface area contributed by atoms with Crippen LogP contribution in [0.2, 0.25) is 5.02 Å². The maximum absolute atomic E-state index is 12.3. The van der Waals surface area contributed by atoms with Gasteiger partial charge in [-0.25, -0.2) is 0 Å². The number of carbonyl (C=O) groups is 1. The first-order valence-corrected chi connectivity index (χ1v) is 10.0. The second-order valence-electron chi connectivity index (χ2n) is 6.53. The van der Waals surface area contributed by atoms with Crippen LogP contribution in [0.25, 0.3) is 11.0 Å². The number of nitrogens with one attached hydrogen (secondary N) is 1. The van der Waals surface area contributed by atoms with Gasteiger partial charge in [0, 0.05) is 55.5 Å². The van der Waals surface area contributed by atoms with Crippen molar-refractivity contribution in [1.82, 2.24) is 19.0 Å². The third-order valence-corrected chi connectivity index (χ3v) is 5.60. The van der Waals surface area contributed by atoms with Crippen LogP contribution < -0.4 is 10.2 Å². The second-order valence-corrected chi connectivity index (χ2v) is 7.49. The summed E-state index contributed by atoms with van der Waals surface area (Å²) in [5.74, 6) is -0.0651. The van der Waals surface area contributed by atoms with Crippen LogP contribution in [0.4, 0.5) is 5.69 Å². The van der Waals surface area contributed by atoms with Crippen molar-refractivity contribution >= 4 is 46.0 Å². The Bertz CT molecular complexity index is 921. The van der Waals surface area contributed by atoms with Crippen molar-refractivity contribution in [2.24, 2.45) is 0 Å². The molecule has 0 unspecified atom stereocenters. The van der Waals surface area contributed by atoms with E-state index in [2.05, 4.69) is 36.0 Å². The summed E-state index contributed by atoms with van der Waals surface area (Å²) in [4.78, 5) is 17.1. The van der Waals surface area contributed by atoms with E-state index in [1.54, 1.807) is 12.1 Å². The standard InChI is InChI=1S/C19H20ClN5OS/c20-15-2-4-16(5-3-15)25-11-9-24(10-12-25)8-7-21-19(26)14-1-6-17-18(13-14)23-27-22-17/h1-6,13H,7-12H2,(H,21,26). The number of piperazine rings is 1. The van der Waals surface area contributed by atoms with E-state index in [1.165, 1.54) is 5.69 Å². The Morgan fingerprint density at radius 3 is 2.56 bits per heavy atom. The third-order valence-electron chi connectivity index (χ3n) is 4.79. The fraction of sp³-hybridized carbons (Fsp3) is 0.316. The molecule has 1 saturated heterocycles. The quantitative estimate of drug-likeness (QED) is 0.712. The molecule has 0 saturated carbocycles. The molecule has 140 valence electrons. The number of aromatic nitrogens is 2. The Kier molecular flexibility index (Phi) is 5.52. The topological polar surface area (TPSA) is 61.4 Å². The largest absolute Gasteiger partial charge is 0.369 e. The van der Waals surface area contributed by atoms with Gasteiger partial charge < -0.3 is 10.2 Å². The van der Waals surface area contributed by atoms with E-state index in [-0.39, 0.29) is 5.91 Å². The van der Waals surface area contributed by atoms with Crippen molar-refractivity contribution < 1.29 is 4.79 Å². The Labute approximate surface area is 167 Å². The molecule has 0 radical (unpaired) electrons. The van der Waals surface area contributed by atoms with Gasteiger partial charge in [0.2, 0.25) is 0 Å². The summed E-state index contributed by atoms with van der Waals surface area (Å²) in [7, 11) is 0. The Morgan fingerprint density at radius 1 is 1.04 bits per heavy atom. The summed E-state index contributed by atoms with van der Waals surface area (Å²) in [6, 6.07) is 13.4. The number of rotatable bonds is 5. The van der Waals surface area contributed by atoms with Crippen LogP contribution in [0.5, 0.6) is 0 Å². The number of amides is 1. The number of fused-ring (bicyclic) bond motifs is 1. The third kappa shape index (κ3) is 4.37. The van der Waals surface area contributed by atoms with Crippen LogP contribution in [0, 0.1) is 0 Å². The van der Waals surface area contributed by atoms with E-state index in [4.69, 9.17) is 11.6 Å². The van der Waals surface area contributed by atoms with E-state index < -0.39 is 0 Å².